The number of rotatable bonds is 5. The van der Waals surface area contributed by atoms with Crippen LogP contribution in [0.2, 0.25) is 0 Å². The van der Waals surface area contributed by atoms with Crippen LogP contribution in [-0.4, -0.2) is 32.5 Å². The maximum atomic E-state index is 12.2. The van der Waals surface area contributed by atoms with Crippen molar-refractivity contribution in [2.75, 3.05) is 0 Å². The molecule has 0 aliphatic heterocycles. The van der Waals surface area contributed by atoms with Gasteiger partial charge in [0.2, 0.25) is 5.91 Å². The average molecular weight is 283 g/mol. The first-order valence-electron chi connectivity index (χ1n) is 5.87. The summed E-state index contributed by atoms with van der Waals surface area (Å²) >= 11 is 0. The van der Waals surface area contributed by atoms with Gasteiger partial charge in [-0.2, -0.15) is 0 Å². The molecule has 104 valence electrons. The van der Waals surface area contributed by atoms with Crippen molar-refractivity contribution >= 4 is 22.7 Å². The summed E-state index contributed by atoms with van der Waals surface area (Å²) in [5.41, 5.74) is 0.125. The van der Waals surface area contributed by atoms with Crippen LogP contribution >= 0.6 is 0 Å². The molecule has 6 heteroatoms. The molecule has 1 aromatic rings. The maximum Gasteiger partial charge on any atom is 0.335 e. The Kier molecular flexibility index (Phi) is 5.23. The molecule has 5 nitrogen and oxygen atoms in total. The molecule has 0 heterocycles. The number of benzene rings is 1. The quantitative estimate of drug-likeness (QED) is 0.855. The van der Waals surface area contributed by atoms with Crippen LogP contribution in [0.5, 0.6) is 0 Å². The van der Waals surface area contributed by atoms with E-state index in [0.717, 1.165) is 0 Å². The van der Waals surface area contributed by atoms with Crippen molar-refractivity contribution in [3.8, 4) is 0 Å². The van der Waals surface area contributed by atoms with Gasteiger partial charge in [-0.25, -0.2) is 4.79 Å². The van der Waals surface area contributed by atoms with E-state index in [-0.39, 0.29) is 17.5 Å². The SMILES string of the molecule is CC(C)NC(=O)C(C)S(=O)c1ccc(C(=O)O)cc1. The summed E-state index contributed by atoms with van der Waals surface area (Å²) in [6.45, 7) is 5.24. The lowest BCUT2D eigenvalue weighted by atomic mass is 10.2. The second-order valence-corrected chi connectivity index (χ2v) is 6.21. The summed E-state index contributed by atoms with van der Waals surface area (Å²) < 4.78 is 12.2. The van der Waals surface area contributed by atoms with Crippen LogP contribution in [0.4, 0.5) is 0 Å². The number of carbonyl (C=O) groups excluding carboxylic acids is 1. The van der Waals surface area contributed by atoms with Crippen LogP contribution in [0, 0.1) is 0 Å². The van der Waals surface area contributed by atoms with E-state index in [1.165, 1.54) is 24.3 Å². The Labute approximate surface area is 114 Å². The highest BCUT2D eigenvalue weighted by Gasteiger charge is 2.21. The number of aromatic carboxylic acids is 1. The Bertz CT molecular complexity index is 496. The number of hydrogen-bond donors (Lipinski definition) is 2. The molecule has 0 aromatic heterocycles. The van der Waals surface area contributed by atoms with Crippen LogP contribution in [0.3, 0.4) is 0 Å². The topological polar surface area (TPSA) is 83.5 Å². The number of carbonyl (C=O) groups is 2. The Morgan fingerprint density at radius 2 is 1.68 bits per heavy atom. The summed E-state index contributed by atoms with van der Waals surface area (Å²) in [6.07, 6.45) is 0. The summed E-state index contributed by atoms with van der Waals surface area (Å²) in [6, 6.07) is 5.68. The fourth-order valence-electron chi connectivity index (χ4n) is 1.43. The van der Waals surface area contributed by atoms with Gasteiger partial charge in [0.1, 0.15) is 5.25 Å². The molecule has 1 rings (SSSR count). The lowest BCUT2D eigenvalue weighted by Gasteiger charge is -2.14. The minimum atomic E-state index is -1.50. The molecular weight excluding hydrogens is 266 g/mol. The first-order valence-corrected chi connectivity index (χ1v) is 7.08. The zero-order valence-electron chi connectivity index (χ0n) is 11.0. The second-order valence-electron chi connectivity index (χ2n) is 4.43. The monoisotopic (exact) mass is 283 g/mol. The van der Waals surface area contributed by atoms with Gasteiger partial charge in [-0.05, 0) is 45.0 Å². The Morgan fingerprint density at radius 1 is 1.16 bits per heavy atom. The third-order valence-electron chi connectivity index (χ3n) is 2.45. The number of amides is 1. The van der Waals surface area contributed by atoms with Crippen molar-refractivity contribution < 1.29 is 18.9 Å². The van der Waals surface area contributed by atoms with E-state index in [0.29, 0.717) is 4.90 Å². The zero-order chi connectivity index (χ0) is 14.6. The average Bonchev–Trinajstić information content (AvgIpc) is 2.36. The zero-order valence-corrected chi connectivity index (χ0v) is 11.9. The van der Waals surface area contributed by atoms with Gasteiger partial charge >= 0.3 is 5.97 Å². The van der Waals surface area contributed by atoms with Crippen LogP contribution in [-0.2, 0) is 15.6 Å². The van der Waals surface area contributed by atoms with E-state index < -0.39 is 22.0 Å². The van der Waals surface area contributed by atoms with E-state index in [2.05, 4.69) is 5.32 Å². The maximum absolute atomic E-state index is 12.2. The fourth-order valence-corrected chi connectivity index (χ4v) is 2.51. The molecule has 1 aromatic carbocycles. The highest BCUT2D eigenvalue weighted by atomic mass is 32.2. The number of carboxylic acids is 1. The van der Waals surface area contributed by atoms with E-state index in [1.807, 2.05) is 13.8 Å². The van der Waals surface area contributed by atoms with Gasteiger partial charge in [0.25, 0.3) is 0 Å². The molecule has 0 aliphatic carbocycles. The molecule has 2 N–H and O–H groups in total. The Balaban J connectivity index is 2.82. The van der Waals surface area contributed by atoms with Gasteiger partial charge in [0, 0.05) is 10.9 Å². The minimum Gasteiger partial charge on any atom is -0.478 e. The molecule has 1 amide bonds. The first-order chi connectivity index (χ1) is 8.82. The van der Waals surface area contributed by atoms with Crippen LogP contribution in [0.1, 0.15) is 31.1 Å². The van der Waals surface area contributed by atoms with E-state index >= 15 is 0 Å². The van der Waals surface area contributed by atoms with Crippen molar-refractivity contribution in [1.82, 2.24) is 5.32 Å². The molecule has 0 saturated heterocycles. The Morgan fingerprint density at radius 3 is 2.11 bits per heavy atom. The lowest BCUT2D eigenvalue weighted by molar-refractivity contribution is -0.120. The van der Waals surface area contributed by atoms with Gasteiger partial charge in [-0.3, -0.25) is 9.00 Å². The smallest absolute Gasteiger partial charge is 0.335 e. The lowest BCUT2D eigenvalue weighted by Crippen LogP contribution is -2.39. The van der Waals surface area contributed by atoms with Gasteiger partial charge in [-0.15, -0.1) is 0 Å². The third kappa shape index (κ3) is 4.17. The van der Waals surface area contributed by atoms with E-state index in [1.54, 1.807) is 6.92 Å². The van der Waals surface area contributed by atoms with Crippen molar-refractivity contribution in [2.45, 2.75) is 37.0 Å². The summed E-state index contributed by atoms with van der Waals surface area (Å²) in [4.78, 5) is 22.9. The summed E-state index contributed by atoms with van der Waals surface area (Å²) in [5, 5.41) is 10.8. The molecule has 0 fully saturated rings. The summed E-state index contributed by atoms with van der Waals surface area (Å²) in [5.74, 6) is -1.32. The third-order valence-corrected chi connectivity index (χ3v) is 4.05. The first kappa shape index (κ1) is 15.4. The number of carboxylic acid groups (broad SMARTS) is 1. The highest BCUT2D eigenvalue weighted by molar-refractivity contribution is 7.86. The van der Waals surface area contributed by atoms with Crippen molar-refractivity contribution in [3.63, 3.8) is 0 Å². The van der Waals surface area contributed by atoms with Crippen molar-refractivity contribution in [2.24, 2.45) is 0 Å². The van der Waals surface area contributed by atoms with Gasteiger partial charge in [-0.1, -0.05) is 0 Å². The van der Waals surface area contributed by atoms with Gasteiger partial charge in [0.05, 0.1) is 16.4 Å². The normalized spacial score (nSPS) is 13.9. The highest BCUT2D eigenvalue weighted by Crippen LogP contribution is 2.13. The molecule has 0 saturated carbocycles. The van der Waals surface area contributed by atoms with Crippen molar-refractivity contribution in [1.29, 1.82) is 0 Å². The van der Waals surface area contributed by atoms with Gasteiger partial charge < -0.3 is 10.4 Å². The van der Waals surface area contributed by atoms with Crippen LogP contribution < -0.4 is 5.32 Å². The molecule has 2 unspecified atom stereocenters. The molecule has 19 heavy (non-hydrogen) atoms. The molecule has 0 aliphatic rings. The van der Waals surface area contributed by atoms with Crippen LogP contribution in [0.15, 0.2) is 29.2 Å². The van der Waals surface area contributed by atoms with Crippen molar-refractivity contribution in [3.05, 3.63) is 29.8 Å². The summed E-state index contributed by atoms with van der Waals surface area (Å²) in [7, 11) is -1.50. The minimum absolute atomic E-state index is 0.0127. The second kappa shape index (κ2) is 6.47. The molecule has 0 radical (unpaired) electrons. The standard InChI is InChI=1S/C13H17NO4S/c1-8(2)14-12(15)9(3)19(18)11-6-4-10(5-7-11)13(16)17/h4-9H,1-3H3,(H,14,15)(H,16,17). The number of hydrogen-bond acceptors (Lipinski definition) is 3. The molecular formula is C13H17NO4S. The fraction of sp³-hybridized carbons (Fsp3) is 0.385. The molecule has 0 bridgehead atoms. The van der Waals surface area contributed by atoms with Crippen LogP contribution in [0.25, 0.3) is 0 Å². The molecule has 2 atom stereocenters. The largest absolute Gasteiger partial charge is 0.478 e. The Hall–Kier alpha value is -1.69. The van der Waals surface area contributed by atoms with Gasteiger partial charge in [0.15, 0.2) is 0 Å². The molecule has 0 spiro atoms. The predicted molar refractivity (Wildman–Crippen MR) is 72.6 cm³/mol. The van der Waals surface area contributed by atoms with E-state index in [9.17, 15) is 13.8 Å². The van der Waals surface area contributed by atoms with E-state index in [4.69, 9.17) is 5.11 Å². The predicted octanol–water partition coefficient (Wildman–Crippen LogP) is 1.41. The number of nitrogens with one attached hydrogen (secondary N) is 1.